The number of benzene rings is 1. The van der Waals surface area contributed by atoms with E-state index >= 15 is 0 Å². The molecule has 0 saturated heterocycles. The standard InChI is InChI=1S/C10H11Cl2NO3/c1-13-9(15)5-16-10-6(4-14)2-7(11)3-8(10)12/h2-3,14H,4-5H2,1H3,(H,13,15). The van der Waals surface area contributed by atoms with Gasteiger partial charge in [-0.2, -0.15) is 0 Å². The van der Waals surface area contributed by atoms with Gasteiger partial charge in [-0.15, -0.1) is 0 Å². The first kappa shape index (κ1) is 13.1. The highest BCUT2D eigenvalue weighted by molar-refractivity contribution is 6.35. The molecular formula is C10H11Cl2NO3. The fourth-order valence-corrected chi connectivity index (χ4v) is 1.69. The first-order valence-electron chi connectivity index (χ1n) is 4.50. The third kappa shape index (κ3) is 3.27. The van der Waals surface area contributed by atoms with E-state index in [1.165, 1.54) is 19.2 Å². The van der Waals surface area contributed by atoms with Crippen LogP contribution in [0, 0.1) is 0 Å². The molecule has 0 saturated carbocycles. The Morgan fingerprint density at radius 3 is 2.75 bits per heavy atom. The van der Waals surface area contributed by atoms with Crippen molar-refractivity contribution in [3.63, 3.8) is 0 Å². The van der Waals surface area contributed by atoms with Crippen molar-refractivity contribution in [2.45, 2.75) is 6.61 Å². The van der Waals surface area contributed by atoms with Crippen LogP contribution in [0.2, 0.25) is 10.0 Å². The van der Waals surface area contributed by atoms with Crippen LogP contribution in [0.3, 0.4) is 0 Å². The Labute approximate surface area is 103 Å². The van der Waals surface area contributed by atoms with Crippen molar-refractivity contribution >= 4 is 29.1 Å². The average molecular weight is 264 g/mol. The summed E-state index contributed by atoms with van der Waals surface area (Å²) in [4.78, 5) is 11.0. The lowest BCUT2D eigenvalue weighted by atomic mass is 10.2. The highest BCUT2D eigenvalue weighted by atomic mass is 35.5. The molecular weight excluding hydrogens is 253 g/mol. The van der Waals surface area contributed by atoms with Crippen LogP contribution in [0.4, 0.5) is 0 Å². The SMILES string of the molecule is CNC(=O)COc1c(Cl)cc(Cl)cc1CO. The van der Waals surface area contributed by atoms with Gasteiger partial charge < -0.3 is 15.2 Å². The second-order valence-electron chi connectivity index (χ2n) is 3.00. The molecule has 0 aliphatic heterocycles. The van der Waals surface area contributed by atoms with E-state index in [1.54, 1.807) is 0 Å². The molecule has 0 fully saturated rings. The smallest absolute Gasteiger partial charge is 0.257 e. The zero-order valence-electron chi connectivity index (χ0n) is 8.59. The van der Waals surface area contributed by atoms with Gasteiger partial charge in [0.2, 0.25) is 0 Å². The van der Waals surface area contributed by atoms with E-state index in [2.05, 4.69) is 5.32 Å². The van der Waals surface area contributed by atoms with Crippen molar-refractivity contribution in [2.75, 3.05) is 13.7 Å². The number of rotatable bonds is 4. The van der Waals surface area contributed by atoms with Crippen LogP contribution < -0.4 is 10.1 Å². The van der Waals surface area contributed by atoms with E-state index in [-0.39, 0.29) is 29.9 Å². The summed E-state index contributed by atoms with van der Waals surface area (Å²) >= 11 is 11.6. The molecule has 2 N–H and O–H groups in total. The van der Waals surface area contributed by atoms with Gasteiger partial charge in [0.15, 0.2) is 6.61 Å². The molecule has 88 valence electrons. The molecule has 1 amide bonds. The third-order valence-electron chi connectivity index (χ3n) is 1.88. The number of carbonyl (C=O) groups is 1. The van der Waals surface area contributed by atoms with Crippen LogP contribution >= 0.6 is 23.2 Å². The lowest BCUT2D eigenvalue weighted by Crippen LogP contribution is -2.25. The Balaban J connectivity index is 2.89. The summed E-state index contributed by atoms with van der Waals surface area (Å²) in [5.41, 5.74) is 0.446. The minimum atomic E-state index is -0.282. The number of aliphatic hydroxyl groups is 1. The van der Waals surface area contributed by atoms with E-state index in [9.17, 15) is 4.79 Å². The summed E-state index contributed by atoms with van der Waals surface area (Å²) in [6, 6.07) is 3.02. The van der Waals surface area contributed by atoms with Crippen molar-refractivity contribution in [3.05, 3.63) is 27.7 Å². The molecule has 0 unspecified atom stereocenters. The van der Waals surface area contributed by atoms with E-state index in [0.717, 1.165) is 0 Å². The number of carbonyl (C=O) groups excluding carboxylic acids is 1. The molecule has 0 radical (unpaired) electrons. The summed E-state index contributed by atoms with van der Waals surface area (Å²) in [5, 5.41) is 12.2. The molecule has 0 bridgehead atoms. The molecule has 16 heavy (non-hydrogen) atoms. The number of nitrogens with one attached hydrogen (secondary N) is 1. The summed E-state index contributed by atoms with van der Waals surface area (Å²) in [7, 11) is 1.50. The van der Waals surface area contributed by atoms with Gasteiger partial charge >= 0.3 is 0 Å². The average Bonchev–Trinajstić information content (AvgIpc) is 2.26. The molecule has 0 spiro atoms. The Morgan fingerprint density at radius 1 is 1.50 bits per heavy atom. The normalized spacial score (nSPS) is 10.0. The topological polar surface area (TPSA) is 58.6 Å². The van der Waals surface area contributed by atoms with Crippen LogP contribution in [0.15, 0.2) is 12.1 Å². The Morgan fingerprint density at radius 2 is 2.19 bits per heavy atom. The molecule has 6 heteroatoms. The Kier molecular flexibility index (Phi) is 4.86. The van der Waals surface area contributed by atoms with Crippen LogP contribution in [0.25, 0.3) is 0 Å². The van der Waals surface area contributed by atoms with Gasteiger partial charge in [0.25, 0.3) is 5.91 Å². The van der Waals surface area contributed by atoms with Crippen LogP contribution in [0.5, 0.6) is 5.75 Å². The van der Waals surface area contributed by atoms with E-state index in [4.69, 9.17) is 33.0 Å². The van der Waals surface area contributed by atoms with E-state index in [1.807, 2.05) is 0 Å². The molecule has 0 atom stereocenters. The minimum absolute atomic E-state index is 0.162. The van der Waals surface area contributed by atoms with Gasteiger partial charge in [0.05, 0.1) is 11.6 Å². The van der Waals surface area contributed by atoms with Crippen molar-refractivity contribution in [3.8, 4) is 5.75 Å². The van der Waals surface area contributed by atoms with Crippen molar-refractivity contribution in [1.29, 1.82) is 0 Å². The second kappa shape index (κ2) is 5.94. The van der Waals surface area contributed by atoms with Gasteiger partial charge in [-0.3, -0.25) is 4.79 Å². The van der Waals surface area contributed by atoms with Crippen molar-refractivity contribution in [1.82, 2.24) is 5.32 Å². The summed E-state index contributed by atoms with van der Waals surface area (Å²) in [5.74, 6) is -0.00734. The lowest BCUT2D eigenvalue weighted by molar-refractivity contribution is -0.122. The zero-order valence-corrected chi connectivity index (χ0v) is 10.1. The lowest BCUT2D eigenvalue weighted by Gasteiger charge is -2.11. The number of aliphatic hydroxyl groups excluding tert-OH is 1. The second-order valence-corrected chi connectivity index (χ2v) is 3.84. The largest absolute Gasteiger partial charge is 0.482 e. The minimum Gasteiger partial charge on any atom is -0.482 e. The molecule has 1 rings (SSSR count). The van der Waals surface area contributed by atoms with Crippen molar-refractivity contribution < 1.29 is 14.6 Å². The monoisotopic (exact) mass is 263 g/mol. The number of likely N-dealkylation sites (N-methyl/N-ethyl adjacent to an activating group) is 1. The Hall–Kier alpha value is -0.970. The fraction of sp³-hybridized carbons (Fsp3) is 0.300. The number of amides is 1. The van der Waals surface area contributed by atoms with Crippen LogP contribution in [0.1, 0.15) is 5.56 Å². The maximum absolute atomic E-state index is 11.0. The molecule has 0 heterocycles. The first-order valence-corrected chi connectivity index (χ1v) is 5.26. The molecule has 0 aliphatic rings. The quantitative estimate of drug-likeness (QED) is 0.868. The summed E-state index contributed by atoms with van der Waals surface area (Å²) in [6.45, 7) is -0.422. The van der Waals surface area contributed by atoms with Crippen molar-refractivity contribution in [2.24, 2.45) is 0 Å². The third-order valence-corrected chi connectivity index (χ3v) is 2.38. The van der Waals surface area contributed by atoms with Crippen LogP contribution in [-0.2, 0) is 11.4 Å². The number of hydrogen-bond donors (Lipinski definition) is 2. The molecule has 4 nitrogen and oxygen atoms in total. The van der Waals surface area contributed by atoms with Gasteiger partial charge in [-0.25, -0.2) is 0 Å². The first-order chi connectivity index (χ1) is 7.58. The molecule has 1 aromatic rings. The molecule has 1 aromatic carbocycles. The molecule has 0 aliphatic carbocycles. The number of halogens is 2. The van der Waals surface area contributed by atoms with Gasteiger partial charge in [-0.1, -0.05) is 23.2 Å². The zero-order chi connectivity index (χ0) is 12.1. The number of ether oxygens (including phenoxy) is 1. The van der Waals surface area contributed by atoms with E-state index in [0.29, 0.717) is 10.6 Å². The maximum Gasteiger partial charge on any atom is 0.257 e. The maximum atomic E-state index is 11.0. The predicted molar refractivity (Wildman–Crippen MR) is 61.9 cm³/mol. The van der Waals surface area contributed by atoms with Gasteiger partial charge in [0.1, 0.15) is 5.75 Å². The molecule has 0 aromatic heterocycles. The highest BCUT2D eigenvalue weighted by Crippen LogP contribution is 2.32. The predicted octanol–water partition coefficient (Wildman–Crippen LogP) is 1.61. The summed E-state index contributed by atoms with van der Waals surface area (Å²) in [6.07, 6.45) is 0. The highest BCUT2D eigenvalue weighted by Gasteiger charge is 2.11. The van der Waals surface area contributed by atoms with E-state index < -0.39 is 0 Å². The Bertz CT molecular complexity index is 396. The van der Waals surface area contributed by atoms with Gasteiger partial charge in [-0.05, 0) is 12.1 Å². The number of hydrogen-bond acceptors (Lipinski definition) is 3. The summed E-state index contributed by atoms with van der Waals surface area (Å²) < 4.78 is 5.20. The van der Waals surface area contributed by atoms with Gasteiger partial charge in [0, 0.05) is 17.6 Å². The fourth-order valence-electron chi connectivity index (χ4n) is 1.10. The van der Waals surface area contributed by atoms with Crippen LogP contribution in [-0.4, -0.2) is 24.7 Å².